The summed E-state index contributed by atoms with van der Waals surface area (Å²) in [6, 6.07) is 5.69. The molecule has 0 unspecified atom stereocenters. The number of rotatable bonds is 6. The molecule has 20 heavy (non-hydrogen) atoms. The summed E-state index contributed by atoms with van der Waals surface area (Å²) in [7, 11) is 0. The highest BCUT2D eigenvalue weighted by atomic mass is 16.5. The normalized spacial score (nSPS) is 10.8. The summed E-state index contributed by atoms with van der Waals surface area (Å²) in [5.41, 5.74) is 2.56. The molecule has 0 aliphatic heterocycles. The van der Waals surface area contributed by atoms with Crippen LogP contribution in [0.2, 0.25) is 0 Å². The van der Waals surface area contributed by atoms with Crippen molar-refractivity contribution in [1.82, 2.24) is 0 Å². The third-order valence-electron chi connectivity index (χ3n) is 3.32. The second-order valence-corrected chi connectivity index (χ2v) is 5.76. The maximum atomic E-state index is 11.8. The molecule has 0 heterocycles. The van der Waals surface area contributed by atoms with Crippen molar-refractivity contribution in [2.45, 2.75) is 40.0 Å². The van der Waals surface area contributed by atoms with Crippen LogP contribution in [-0.4, -0.2) is 12.4 Å². The Bertz CT molecular complexity index is 532. The van der Waals surface area contributed by atoms with Gasteiger partial charge in [0.2, 0.25) is 0 Å². The van der Waals surface area contributed by atoms with Crippen molar-refractivity contribution in [2.24, 2.45) is 0 Å². The second kappa shape index (κ2) is 6.56. The molecular formula is C18H24O2. The lowest BCUT2D eigenvalue weighted by Crippen LogP contribution is -2.17. The summed E-state index contributed by atoms with van der Waals surface area (Å²) in [4.78, 5) is 11.8. The van der Waals surface area contributed by atoms with Gasteiger partial charge in [-0.15, -0.1) is 6.58 Å². The minimum Gasteiger partial charge on any atom is -0.488 e. The number of hydrogen-bond acceptors (Lipinski definition) is 2. The average Bonchev–Trinajstić information content (AvgIpc) is 2.38. The minimum absolute atomic E-state index is 0.0129. The fourth-order valence-electron chi connectivity index (χ4n) is 1.88. The molecule has 0 aliphatic rings. The number of carbonyl (C=O) groups excluding carboxylic acids is 1. The Labute approximate surface area is 122 Å². The van der Waals surface area contributed by atoms with Gasteiger partial charge in [-0.05, 0) is 32.9 Å². The number of para-hydroxylation sites is 1. The predicted molar refractivity (Wildman–Crippen MR) is 84.6 cm³/mol. The first-order valence-corrected chi connectivity index (χ1v) is 6.83. The van der Waals surface area contributed by atoms with E-state index in [1.807, 2.05) is 44.2 Å². The van der Waals surface area contributed by atoms with E-state index >= 15 is 0 Å². The van der Waals surface area contributed by atoms with Crippen LogP contribution >= 0.6 is 0 Å². The second-order valence-electron chi connectivity index (χ2n) is 5.76. The fourth-order valence-corrected chi connectivity index (χ4v) is 1.88. The highest BCUT2D eigenvalue weighted by molar-refractivity contribution is 5.97. The van der Waals surface area contributed by atoms with Crippen LogP contribution in [-0.2, 0) is 5.41 Å². The zero-order valence-electron chi connectivity index (χ0n) is 13.1. The van der Waals surface area contributed by atoms with E-state index in [2.05, 4.69) is 20.4 Å². The van der Waals surface area contributed by atoms with E-state index in [0.29, 0.717) is 17.9 Å². The van der Waals surface area contributed by atoms with Crippen LogP contribution in [0.25, 0.3) is 0 Å². The van der Waals surface area contributed by atoms with E-state index in [1.165, 1.54) is 5.57 Å². The van der Waals surface area contributed by atoms with E-state index in [-0.39, 0.29) is 11.2 Å². The summed E-state index contributed by atoms with van der Waals surface area (Å²) in [5, 5.41) is 0. The fraction of sp³-hybridized carbons (Fsp3) is 0.389. The first-order chi connectivity index (χ1) is 9.29. The first-order valence-electron chi connectivity index (χ1n) is 6.83. The topological polar surface area (TPSA) is 26.3 Å². The molecule has 0 bridgehead atoms. The molecule has 1 aromatic rings. The van der Waals surface area contributed by atoms with E-state index in [4.69, 9.17) is 4.74 Å². The number of hydrogen-bond donors (Lipinski definition) is 0. The molecule has 0 fully saturated rings. The van der Waals surface area contributed by atoms with Crippen LogP contribution in [0.15, 0.2) is 42.5 Å². The molecule has 1 aromatic carbocycles. The summed E-state index contributed by atoms with van der Waals surface area (Å²) >= 11 is 0. The highest BCUT2D eigenvalue weighted by Gasteiger charge is 2.24. The molecule has 1 rings (SSSR count). The van der Waals surface area contributed by atoms with Crippen LogP contribution in [0.3, 0.4) is 0 Å². The third-order valence-corrected chi connectivity index (χ3v) is 3.32. The van der Waals surface area contributed by atoms with Gasteiger partial charge in [-0.3, -0.25) is 4.79 Å². The molecule has 0 N–H and O–H groups in total. The van der Waals surface area contributed by atoms with E-state index in [0.717, 1.165) is 5.56 Å². The minimum atomic E-state index is -0.244. The number of carbonyl (C=O) groups is 1. The number of ketones is 1. The largest absolute Gasteiger partial charge is 0.488 e. The molecule has 0 atom stereocenters. The zero-order valence-corrected chi connectivity index (χ0v) is 13.1. The predicted octanol–water partition coefficient (Wildman–Crippen LogP) is 4.70. The zero-order chi connectivity index (χ0) is 15.3. The van der Waals surface area contributed by atoms with Gasteiger partial charge in [0.15, 0.2) is 5.78 Å². The van der Waals surface area contributed by atoms with Crippen molar-refractivity contribution in [3.63, 3.8) is 0 Å². The highest BCUT2D eigenvalue weighted by Crippen LogP contribution is 2.35. The van der Waals surface area contributed by atoms with E-state index in [9.17, 15) is 4.79 Å². The standard InChI is InChI=1S/C18H24O2/c1-7-18(5,6)16-10-8-9-15(14(4)19)17(16)20-12-11-13(2)3/h7-11H,1,12H2,2-6H3. The number of allylic oxidation sites excluding steroid dienone is 2. The van der Waals surface area contributed by atoms with Gasteiger partial charge in [0.05, 0.1) is 5.56 Å². The SMILES string of the molecule is C=CC(C)(C)c1cccc(C(C)=O)c1OCC=C(C)C. The van der Waals surface area contributed by atoms with Gasteiger partial charge in [0.25, 0.3) is 0 Å². The van der Waals surface area contributed by atoms with Gasteiger partial charge < -0.3 is 4.74 Å². The van der Waals surface area contributed by atoms with Crippen molar-refractivity contribution in [1.29, 1.82) is 0 Å². The molecule has 2 heteroatoms. The molecule has 108 valence electrons. The maximum Gasteiger partial charge on any atom is 0.163 e. The molecule has 0 spiro atoms. The Kier molecular flexibility index (Phi) is 5.32. The molecule has 0 aliphatic carbocycles. The van der Waals surface area contributed by atoms with Gasteiger partial charge in [-0.2, -0.15) is 0 Å². The molecule has 0 saturated carbocycles. The summed E-state index contributed by atoms with van der Waals surface area (Å²) in [6.07, 6.45) is 3.88. The van der Waals surface area contributed by atoms with Gasteiger partial charge in [0, 0.05) is 11.0 Å². The molecule has 0 saturated heterocycles. The van der Waals surface area contributed by atoms with Crippen LogP contribution in [0.4, 0.5) is 0 Å². The first kappa shape index (κ1) is 16.2. The molecule has 0 radical (unpaired) electrons. The van der Waals surface area contributed by atoms with Crippen molar-refractivity contribution in [3.8, 4) is 5.75 Å². The smallest absolute Gasteiger partial charge is 0.163 e. The van der Waals surface area contributed by atoms with Crippen LogP contribution in [0, 0.1) is 0 Å². The molecule has 0 amide bonds. The summed E-state index contributed by atoms with van der Waals surface area (Å²) in [5.74, 6) is 0.682. The van der Waals surface area contributed by atoms with Crippen molar-refractivity contribution in [3.05, 3.63) is 53.6 Å². The number of benzene rings is 1. The summed E-state index contributed by atoms with van der Waals surface area (Å²) < 4.78 is 5.88. The Balaban J connectivity index is 3.30. The number of ether oxygens (including phenoxy) is 1. The Morgan fingerprint density at radius 1 is 1.30 bits per heavy atom. The van der Waals surface area contributed by atoms with E-state index < -0.39 is 0 Å². The van der Waals surface area contributed by atoms with Gasteiger partial charge in [-0.25, -0.2) is 0 Å². The lowest BCUT2D eigenvalue weighted by atomic mass is 9.83. The van der Waals surface area contributed by atoms with Gasteiger partial charge >= 0.3 is 0 Å². The van der Waals surface area contributed by atoms with Crippen molar-refractivity contribution in [2.75, 3.05) is 6.61 Å². The van der Waals surface area contributed by atoms with Gasteiger partial charge in [-0.1, -0.05) is 37.6 Å². The average molecular weight is 272 g/mol. The van der Waals surface area contributed by atoms with Crippen LogP contribution < -0.4 is 4.74 Å². The third kappa shape index (κ3) is 3.83. The molecule has 2 nitrogen and oxygen atoms in total. The number of Topliss-reactive ketones (excluding diaryl/α,β-unsaturated/α-hetero) is 1. The lowest BCUT2D eigenvalue weighted by molar-refractivity contribution is 0.101. The Morgan fingerprint density at radius 3 is 2.45 bits per heavy atom. The lowest BCUT2D eigenvalue weighted by Gasteiger charge is -2.25. The van der Waals surface area contributed by atoms with Crippen LogP contribution in [0.1, 0.15) is 50.5 Å². The van der Waals surface area contributed by atoms with Crippen LogP contribution in [0.5, 0.6) is 5.75 Å². The maximum absolute atomic E-state index is 11.8. The Hall–Kier alpha value is -1.83. The molecule has 0 aromatic heterocycles. The van der Waals surface area contributed by atoms with Gasteiger partial charge in [0.1, 0.15) is 12.4 Å². The monoisotopic (exact) mass is 272 g/mol. The molecular weight excluding hydrogens is 248 g/mol. The quantitative estimate of drug-likeness (QED) is 0.554. The Morgan fingerprint density at radius 2 is 1.95 bits per heavy atom. The summed E-state index contributed by atoms with van der Waals surface area (Å²) in [6.45, 7) is 14.1. The van der Waals surface area contributed by atoms with E-state index in [1.54, 1.807) is 6.92 Å². The van der Waals surface area contributed by atoms with Crippen molar-refractivity contribution < 1.29 is 9.53 Å². The van der Waals surface area contributed by atoms with Crippen molar-refractivity contribution >= 4 is 5.78 Å².